The van der Waals surface area contributed by atoms with Gasteiger partial charge in [0, 0.05) is 12.8 Å². The molecule has 0 aromatic rings. The fourth-order valence-corrected chi connectivity index (χ4v) is 10.1. The molecule has 4 saturated carbocycles. The van der Waals surface area contributed by atoms with Crippen LogP contribution in [0.5, 0.6) is 0 Å². The first-order valence-corrected chi connectivity index (χ1v) is 14.0. The molecule has 5 rings (SSSR count). The lowest BCUT2D eigenvalue weighted by Gasteiger charge is -2.61. The van der Waals surface area contributed by atoms with Crippen molar-refractivity contribution < 1.29 is 19.1 Å². The summed E-state index contributed by atoms with van der Waals surface area (Å²) < 4.78 is 12.4. The van der Waals surface area contributed by atoms with Crippen molar-refractivity contribution in [2.75, 3.05) is 0 Å². The lowest BCUT2D eigenvalue weighted by atomic mass is 9.44. The summed E-state index contributed by atoms with van der Waals surface area (Å²) in [7, 11) is 0. The Balaban J connectivity index is 1.29. The summed E-state index contributed by atoms with van der Waals surface area (Å²) in [5.41, 5.74) is 0.826. The number of carbonyl (C=O) groups is 2. The van der Waals surface area contributed by atoms with Crippen molar-refractivity contribution in [2.45, 2.75) is 117 Å². The number of hydrogen-bond acceptors (Lipinski definition) is 4. The van der Waals surface area contributed by atoms with Gasteiger partial charge < -0.3 is 14.3 Å². The van der Waals surface area contributed by atoms with Crippen molar-refractivity contribution in [2.24, 2.45) is 52.3 Å². The van der Waals surface area contributed by atoms with E-state index in [1.807, 2.05) is 6.92 Å². The first kappa shape index (κ1) is 23.8. The Kier molecular flexibility index (Phi) is 6.24. The van der Waals surface area contributed by atoms with Crippen LogP contribution in [-0.4, -0.2) is 30.6 Å². The van der Waals surface area contributed by atoms with Gasteiger partial charge >= 0.3 is 5.97 Å². The molecule has 186 valence electrons. The SMILES string of the molecule is CC(=O)O[C@H]1CC[C@@]2(C)[C@@H](CC[C@@H]3[C@@H]2CC[C@]2(C)[C@@H]4[C@H](C[C@@H]32)OC(CC[C@@H](C)C=O)[C@H]4C)C1. The first-order chi connectivity index (χ1) is 15.7. The van der Waals surface area contributed by atoms with Gasteiger partial charge in [-0.15, -0.1) is 0 Å². The number of esters is 1. The fourth-order valence-electron chi connectivity index (χ4n) is 10.1. The van der Waals surface area contributed by atoms with E-state index >= 15 is 0 Å². The number of ether oxygens (including phenoxy) is 2. The number of aldehydes is 1. The van der Waals surface area contributed by atoms with E-state index in [9.17, 15) is 9.59 Å². The molecule has 4 heteroatoms. The maximum atomic E-state index is 11.5. The van der Waals surface area contributed by atoms with Gasteiger partial charge in [0.05, 0.1) is 12.2 Å². The standard InChI is InChI=1S/C29H46O4/c1-17(16-30)6-9-25-18(2)27-26(33-25)15-24-22-8-7-20-14-21(32-19(3)31)10-12-28(20,4)23(22)11-13-29(24,27)5/h16-18,20-27H,6-15H2,1-5H3/t17-,18-,20+,21+,22-,23+,24+,25?,26+,27+,28+,29+/m1/s1. The highest BCUT2D eigenvalue weighted by Gasteiger charge is 2.65. The Morgan fingerprint density at radius 1 is 1.09 bits per heavy atom. The van der Waals surface area contributed by atoms with E-state index in [-0.39, 0.29) is 18.0 Å². The predicted molar refractivity (Wildman–Crippen MR) is 128 cm³/mol. The second-order valence-electron chi connectivity index (χ2n) is 13.2. The quantitative estimate of drug-likeness (QED) is 0.363. The van der Waals surface area contributed by atoms with Gasteiger partial charge in [0.2, 0.25) is 0 Å². The molecule has 4 aliphatic carbocycles. The third kappa shape index (κ3) is 3.81. The lowest BCUT2D eigenvalue weighted by molar-refractivity contribution is -0.160. The summed E-state index contributed by atoms with van der Waals surface area (Å²) in [6.45, 7) is 11.2. The van der Waals surface area contributed by atoms with Crippen molar-refractivity contribution in [3.63, 3.8) is 0 Å². The summed E-state index contributed by atoms with van der Waals surface area (Å²) in [5.74, 6) is 4.49. The third-order valence-corrected chi connectivity index (χ3v) is 11.7. The first-order valence-electron chi connectivity index (χ1n) is 14.0. The van der Waals surface area contributed by atoms with Crippen LogP contribution in [0.25, 0.3) is 0 Å². The molecule has 1 aliphatic heterocycles. The summed E-state index contributed by atoms with van der Waals surface area (Å²) >= 11 is 0. The van der Waals surface area contributed by atoms with Crippen molar-refractivity contribution in [1.82, 2.24) is 0 Å². The fraction of sp³-hybridized carbons (Fsp3) is 0.931. The van der Waals surface area contributed by atoms with E-state index < -0.39 is 0 Å². The van der Waals surface area contributed by atoms with Crippen LogP contribution >= 0.6 is 0 Å². The van der Waals surface area contributed by atoms with Crippen LogP contribution < -0.4 is 0 Å². The molecule has 12 atom stereocenters. The molecule has 0 radical (unpaired) electrons. The van der Waals surface area contributed by atoms with E-state index in [1.165, 1.54) is 38.5 Å². The van der Waals surface area contributed by atoms with Crippen molar-refractivity contribution in [1.29, 1.82) is 0 Å². The van der Waals surface area contributed by atoms with Crippen molar-refractivity contribution in [3.05, 3.63) is 0 Å². The highest BCUT2D eigenvalue weighted by molar-refractivity contribution is 5.66. The van der Waals surface area contributed by atoms with E-state index in [0.717, 1.165) is 49.7 Å². The molecule has 0 amide bonds. The summed E-state index contributed by atoms with van der Waals surface area (Å²) in [4.78, 5) is 22.6. The zero-order chi connectivity index (χ0) is 23.5. The van der Waals surface area contributed by atoms with Gasteiger partial charge in [-0.1, -0.05) is 27.7 Å². The molecule has 0 aromatic carbocycles. The van der Waals surface area contributed by atoms with Gasteiger partial charge in [0.15, 0.2) is 0 Å². The van der Waals surface area contributed by atoms with Gasteiger partial charge in [-0.25, -0.2) is 0 Å². The van der Waals surface area contributed by atoms with E-state index in [2.05, 4.69) is 20.8 Å². The molecule has 1 unspecified atom stereocenters. The number of hydrogen-bond donors (Lipinski definition) is 0. The molecule has 0 N–H and O–H groups in total. The van der Waals surface area contributed by atoms with Gasteiger partial charge in [0.1, 0.15) is 12.4 Å². The maximum Gasteiger partial charge on any atom is 0.302 e. The largest absolute Gasteiger partial charge is 0.463 e. The van der Waals surface area contributed by atoms with Crippen LogP contribution in [0.1, 0.15) is 98.8 Å². The third-order valence-electron chi connectivity index (χ3n) is 11.7. The molecule has 0 aromatic heterocycles. The van der Waals surface area contributed by atoms with Crippen LogP contribution in [-0.2, 0) is 19.1 Å². The molecule has 1 saturated heterocycles. The number of fused-ring (bicyclic) bond motifs is 7. The molecule has 33 heavy (non-hydrogen) atoms. The molecule has 5 aliphatic rings. The number of carbonyl (C=O) groups excluding carboxylic acids is 2. The smallest absolute Gasteiger partial charge is 0.302 e. The van der Waals surface area contributed by atoms with Crippen LogP contribution in [0, 0.1) is 52.3 Å². The highest BCUT2D eigenvalue weighted by atomic mass is 16.5. The van der Waals surface area contributed by atoms with Crippen LogP contribution in [0.15, 0.2) is 0 Å². The van der Waals surface area contributed by atoms with Crippen molar-refractivity contribution in [3.8, 4) is 0 Å². The lowest BCUT2D eigenvalue weighted by Crippen LogP contribution is -2.54. The van der Waals surface area contributed by atoms with Gasteiger partial charge in [-0.3, -0.25) is 4.79 Å². The summed E-state index contributed by atoms with van der Waals surface area (Å²) in [6, 6.07) is 0. The van der Waals surface area contributed by atoms with Crippen LogP contribution in [0.4, 0.5) is 0 Å². The summed E-state index contributed by atoms with van der Waals surface area (Å²) in [6.07, 6.45) is 14.0. The van der Waals surface area contributed by atoms with Crippen LogP contribution in [0.3, 0.4) is 0 Å². The summed E-state index contributed by atoms with van der Waals surface area (Å²) in [5, 5.41) is 0. The topological polar surface area (TPSA) is 52.6 Å². The number of rotatable bonds is 5. The predicted octanol–water partition coefficient (Wildman–Crippen LogP) is 6.21. The Hall–Kier alpha value is -0.900. The Morgan fingerprint density at radius 3 is 2.58 bits per heavy atom. The van der Waals surface area contributed by atoms with Crippen LogP contribution in [0.2, 0.25) is 0 Å². The molecule has 0 spiro atoms. The molecule has 5 fully saturated rings. The minimum absolute atomic E-state index is 0.115. The average molecular weight is 459 g/mol. The maximum absolute atomic E-state index is 11.5. The van der Waals surface area contributed by atoms with E-state index in [1.54, 1.807) is 6.92 Å². The second-order valence-corrected chi connectivity index (χ2v) is 13.2. The van der Waals surface area contributed by atoms with E-state index in [4.69, 9.17) is 9.47 Å². The normalized spacial score (nSPS) is 51.6. The monoisotopic (exact) mass is 458 g/mol. The molecular weight excluding hydrogens is 412 g/mol. The average Bonchev–Trinajstić information content (AvgIpc) is 3.25. The zero-order valence-corrected chi connectivity index (χ0v) is 21.6. The highest BCUT2D eigenvalue weighted by Crippen LogP contribution is 2.70. The molecule has 0 bridgehead atoms. The Bertz CT molecular complexity index is 765. The van der Waals surface area contributed by atoms with E-state index in [0.29, 0.717) is 40.8 Å². The molecular formula is C29H46O4. The Morgan fingerprint density at radius 2 is 1.85 bits per heavy atom. The minimum Gasteiger partial charge on any atom is -0.463 e. The Labute approximate surface area is 200 Å². The second kappa shape index (κ2) is 8.64. The molecule has 4 nitrogen and oxygen atoms in total. The molecule has 1 heterocycles. The minimum atomic E-state index is -0.115. The van der Waals surface area contributed by atoms with Gasteiger partial charge in [0.25, 0.3) is 0 Å². The zero-order valence-electron chi connectivity index (χ0n) is 21.6. The van der Waals surface area contributed by atoms with Crippen molar-refractivity contribution >= 4 is 12.3 Å². The van der Waals surface area contributed by atoms with Gasteiger partial charge in [-0.2, -0.15) is 0 Å². The van der Waals surface area contributed by atoms with Gasteiger partial charge in [-0.05, 0) is 111 Å².